The number of benzene rings is 1. The standard InChI is InChI=1S/C14H19BrN2O/c1-14(5-7-16-8-6-14)17-13(18)10-11-3-2-4-12(15)9-11/h2-4,9,16H,5-8,10H2,1H3,(H,17,18). The lowest BCUT2D eigenvalue weighted by Crippen LogP contribution is -2.52. The molecule has 1 saturated heterocycles. The van der Waals surface area contributed by atoms with Gasteiger partial charge in [0.1, 0.15) is 0 Å². The Bertz CT molecular complexity index is 428. The second-order valence-corrected chi connectivity index (χ2v) is 6.08. The second-order valence-electron chi connectivity index (χ2n) is 5.17. The van der Waals surface area contributed by atoms with Gasteiger partial charge in [-0.2, -0.15) is 0 Å². The van der Waals surface area contributed by atoms with Gasteiger partial charge in [0.2, 0.25) is 5.91 Å². The Balaban J connectivity index is 1.92. The van der Waals surface area contributed by atoms with Crippen LogP contribution in [-0.2, 0) is 11.2 Å². The Kier molecular flexibility index (Phi) is 4.40. The van der Waals surface area contributed by atoms with Crippen molar-refractivity contribution in [1.29, 1.82) is 0 Å². The van der Waals surface area contributed by atoms with Crippen molar-refractivity contribution in [3.8, 4) is 0 Å². The lowest BCUT2D eigenvalue weighted by molar-refractivity contribution is -0.122. The van der Waals surface area contributed by atoms with Gasteiger partial charge in [-0.05, 0) is 50.6 Å². The van der Waals surface area contributed by atoms with Crippen molar-refractivity contribution in [1.82, 2.24) is 10.6 Å². The van der Waals surface area contributed by atoms with E-state index in [1.165, 1.54) is 0 Å². The van der Waals surface area contributed by atoms with Gasteiger partial charge in [-0.1, -0.05) is 28.1 Å². The largest absolute Gasteiger partial charge is 0.351 e. The highest BCUT2D eigenvalue weighted by Gasteiger charge is 2.27. The highest BCUT2D eigenvalue weighted by atomic mass is 79.9. The van der Waals surface area contributed by atoms with E-state index in [1.807, 2.05) is 24.3 Å². The van der Waals surface area contributed by atoms with Crippen molar-refractivity contribution in [2.75, 3.05) is 13.1 Å². The maximum absolute atomic E-state index is 12.1. The van der Waals surface area contributed by atoms with Crippen LogP contribution < -0.4 is 10.6 Å². The minimum Gasteiger partial charge on any atom is -0.351 e. The van der Waals surface area contributed by atoms with Crippen LogP contribution in [0.3, 0.4) is 0 Å². The molecule has 4 heteroatoms. The van der Waals surface area contributed by atoms with E-state index in [2.05, 4.69) is 33.5 Å². The topological polar surface area (TPSA) is 41.1 Å². The first-order valence-electron chi connectivity index (χ1n) is 6.34. The van der Waals surface area contributed by atoms with Crippen LogP contribution in [0, 0.1) is 0 Å². The van der Waals surface area contributed by atoms with Crippen molar-refractivity contribution in [3.63, 3.8) is 0 Å². The first kappa shape index (κ1) is 13.6. The van der Waals surface area contributed by atoms with Crippen molar-refractivity contribution >= 4 is 21.8 Å². The van der Waals surface area contributed by atoms with Crippen LogP contribution in [0.25, 0.3) is 0 Å². The summed E-state index contributed by atoms with van der Waals surface area (Å²) in [5, 5.41) is 6.48. The summed E-state index contributed by atoms with van der Waals surface area (Å²) in [5.41, 5.74) is 0.994. The van der Waals surface area contributed by atoms with Crippen LogP contribution in [0.5, 0.6) is 0 Å². The molecule has 0 atom stereocenters. The lowest BCUT2D eigenvalue weighted by atomic mass is 9.90. The molecule has 1 aliphatic rings. The quantitative estimate of drug-likeness (QED) is 0.899. The molecule has 0 radical (unpaired) electrons. The number of amides is 1. The monoisotopic (exact) mass is 310 g/mol. The van der Waals surface area contributed by atoms with Gasteiger partial charge >= 0.3 is 0 Å². The fourth-order valence-corrected chi connectivity index (χ4v) is 2.76. The van der Waals surface area contributed by atoms with Crippen LogP contribution in [0.2, 0.25) is 0 Å². The molecule has 1 aromatic carbocycles. The molecule has 1 heterocycles. The molecule has 0 unspecified atom stereocenters. The van der Waals surface area contributed by atoms with Gasteiger partial charge in [-0.25, -0.2) is 0 Å². The van der Waals surface area contributed by atoms with Crippen LogP contribution in [0.4, 0.5) is 0 Å². The summed E-state index contributed by atoms with van der Waals surface area (Å²) in [4.78, 5) is 12.1. The number of rotatable bonds is 3. The molecule has 18 heavy (non-hydrogen) atoms. The van der Waals surface area contributed by atoms with Crippen molar-refractivity contribution in [3.05, 3.63) is 34.3 Å². The molecule has 0 aliphatic carbocycles. The number of carbonyl (C=O) groups is 1. The van der Waals surface area contributed by atoms with E-state index < -0.39 is 0 Å². The Morgan fingerprint density at radius 3 is 2.83 bits per heavy atom. The summed E-state index contributed by atoms with van der Waals surface area (Å²) in [6.45, 7) is 4.09. The fourth-order valence-electron chi connectivity index (χ4n) is 2.32. The number of piperidine rings is 1. The van der Waals surface area contributed by atoms with E-state index >= 15 is 0 Å². The van der Waals surface area contributed by atoms with E-state index in [9.17, 15) is 4.79 Å². The van der Waals surface area contributed by atoms with Gasteiger partial charge in [0.15, 0.2) is 0 Å². The summed E-state index contributed by atoms with van der Waals surface area (Å²) < 4.78 is 1.01. The van der Waals surface area contributed by atoms with E-state index in [0.29, 0.717) is 6.42 Å². The number of hydrogen-bond acceptors (Lipinski definition) is 2. The van der Waals surface area contributed by atoms with Gasteiger partial charge < -0.3 is 10.6 Å². The third-order valence-corrected chi connectivity index (χ3v) is 3.90. The van der Waals surface area contributed by atoms with Crippen molar-refractivity contribution < 1.29 is 4.79 Å². The maximum Gasteiger partial charge on any atom is 0.224 e. The predicted octanol–water partition coefficient (Wildman–Crippen LogP) is 2.25. The van der Waals surface area contributed by atoms with Crippen LogP contribution in [-0.4, -0.2) is 24.5 Å². The van der Waals surface area contributed by atoms with E-state index in [1.54, 1.807) is 0 Å². The van der Waals surface area contributed by atoms with Crippen molar-refractivity contribution in [2.24, 2.45) is 0 Å². The first-order chi connectivity index (χ1) is 8.57. The summed E-state index contributed by atoms with van der Waals surface area (Å²) >= 11 is 3.42. The number of hydrogen-bond donors (Lipinski definition) is 2. The Morgan fingerprint density at radius 1 is 1.44 bits per heavy atom. The van der Waals surface area contributed by atoms with E-state index in [-0.39, 0.29) is 11.4 Å². The average molecular weight is 311 g/mol. The second kappa shape index (κ2) is 5.85. The first-order valence-corrected chi connectivity index (χ1v) is 7.13. The number of halogens is 1. The molecule has 98 valence electrons. The minimum atomic E-state index is -0.0473. The summed E-state index contributed by atoms with van der Waals surface area (Å²) in [5.74, 6) is 0.109. The van der Waals surface area contributed by atoms with Crippen LogP contribution >= 0.6 is 15.9 Å². The lowest BCUT2D eigenvalue weighted by Gasteiger charge is -2.35. The molecule has 1 amide bonds. The van der Waals surface area contributed by atoms with E-state index in [4.69, 9.17) is 0 Å². The molecule has 0 bridgehead atoms. The normalized spacial score (nSPS) is 18.3. The summed E-state index contributed by atoms with van der Waals surface area (Å²) in [7, 11) is 0. The molecular weight excluding hydrogens is 292 g/mol. The third kappa shape index (κ3) is 3.82. The molecule has 1 aromatic rings. The number of nitrogens with one attached hydrogen (secondary N) is 2. The highest BCUT2D eigenvalue weighted by Crippen LogP contribution is 2.18. The zero-order chi connectivity index (χ0) is 13.0. The van der Waals surface area contributed by atoms with Crippen LogP contribution in [0.1, 0.15) is 25.3 Å². The molecule has 1 fully saturated rings. The number of carbonyl (C=O) groups excluding carboxylic acids is 1. The van der Waals surface area contributed by atoms with Gasteiger partial charge in [0, 0.05) is 10.0 Å². The van der Waals surface area contributed by atoms with Gasteiger partial charge in [0.05, 0.1) is 6.42 Å². The Hall–Kier alpha value is -0.870. The Labute approximate surface area is 116 Å². The van der Waals surface area contributed by atoms with Crippen LogP contribution in [0.15, 0.2) is 28.7 Å². The Morgan fingerprint density at radius 2 is 2.17 bits per heavy atom. The molecule has 2 rings (SSSR count). The van der Waals surface area contributed by atoms with E-state index in [0.717, 1.165) is 36.0 Å². The third-order valence-electron chi connectivity index (χ3n) is 3.40. The minimum absolute atomic E-state index is 0.0473. The average Bonchev–Trinajstić information content (AvgIpc) is 2.28. The highest BCUT2D eigenvalue weighted by molar-refractivity contribution is 9.10. The van der Waals surface area contributed by atoms with Gasteiger partial charge in [0.25, 0.3) is 0 Å². The molecule has 1 aliphatic heterocycles. The zero-order valence-electron chi connectivity index (χ0n) is 10.6. The van der Waals surface area contributed by atoms with Gasteiger partial charge in [-0.15, -0.1) is 0 Å². The molecule has 0 spiro atoms. The molecule has 3 nitrogen and oxygen atoms in total. The molecule has 0 aromatic heterocycles. The fraction of sp³-hybridized carbons (Fsp3) is 0.500. The van der Waals surface area contributed by atoms with Gasteiger partial charge in [-0.3, -0.25) is 4.79 Å². The maximum atomic E-state index is 12.1. The van der Waals surface area contributed by atoms with Crippen molar-refractivity contribution in [2.45, 2.75) is 31.7 Å². The molecule has 0 saturated carbocycles. The smallest absolute Gasteiger partial charge is 0.224 e. The summed E-state index contributed by atoms with van der Waals surface area (Å²) in [6, 6.07) is 7.90. The molecular formula is C14H19BrN2O. The predicted molar refractivity (Wildman–Crippen MR) is 76.5 cm³/mol. The molecule has 2 N–H and O–H groups in total. The SMILES string of the molecule is CC1(NC(=O)Cc2cccc(Br)c2)CCNCC1. The summed E-state index contributed by atoms with van der Waals surface area (Å²) in [6.07, 6.45) is 2.44. The zero-order valence-corrected chi connectivity index (χ0v) is 12.2.